The first-order valence-corrected chi connectivity index (χ1v) is 7.18. The molecule has 0 atom stereocenters. The highest BCUT2D eigenvalue weighted by atomic mass is 35.5. The molecule has 0 radical (unpaired) electrons. The predicted molar refractivity (Wildman–Crippen MR) is 76.3 cm³/mol. The smallest absolute Gasteiger partial charge is 0.183 e. The Morgan fingerprint density at radius 3 is 3.22 bits per heavy atom. The van der Waals surface area contributed by atoms with Gasteiger partial charge in [-0.05, 0) is 30.2 Å². The monoisotopic (exact) mass is 279 g/mol. The number of nitrogens with one attached hydrogen (secondary N) is 2. The molecule has 94 valence electrons. The second-order valence-corrected chi connectivity index (χ2v) is 6.00. The number of halogens is 1. The van der Waals surface area contributed by atoms with Gasteiger partial charge in [-0.3, -0.25) is 0 Å². The van der Waals surface area contributed by atoms with Crippen molar-refractivity contribution < 1.29 is 0 Å². The van der Waals surface area contributed by atoms with Gasteiger partial charge >= 0.3 is 0 Å². The van der Waals surface area contributed by atoms with E-state index in [0.717, 1.165) is 30.9 Å². The fourth-order valence-corrected chi connectivity index (χ4v) is 3.14. The molecule has 5 heteroatoms. The summed E-state index contributed by atoms with van der Waals surface area (Å²) in [6.07, 6.45) is 2.94. The minimum atomic E-state index is 0.601. The van der Waals surface area contributed by atoms with Gasteiger partial charge in [0.15, 0.2) is 4.47 Å². The van der Waals surface area contributed by atoms with Crippen LogP contribution in [0.1, 0.15) is 16.0 Å². The molecule has 0 amide bonds. The van der Waals surface area contributed by atoms with Crippen LogP contribution in [0.2, 0.25) is 4.47 Å². The fourth-order valence-electron chi connectivity index (χ4n) is 2.23. The molecular weight excluding hydrogens is 266 g/mol. The lowest BCUT2D eigenvalue weighted by atomic mass is 9.99. The van der Waals surface area contributed by atoms with E-state index in [4.69, 9.17) is 11.6 Å². The summed E-state index contributed by atoms with van der Waals surface area (Å²) in [5.41, 5.74) is 4.05. The van der Waals surface area contributed by atoms with Gasteiger partial charge < -0.3 is 10.6 Å². The van der Waals surface area contributed by atoms with Gasteiger partial charge in [0, 0.05) is 23.3 Å². The average Bonchev–Trinajstić information content (AvgIpc) is 2.82. The van der Waals surface area contributed by atoms with Crippen LogP contribution in [0.25, 0.3) is 0 Å². The quantitative estimate of drug-likeness (QED) is 0.907. The zero-order valence-corrected chi connectivity index (χ0v) is 11.4. The summed E-state index contributed by atoms with van der Waals surface area (Å²) in [7, 11) is 0. The number of anilines is 1. The van der Waals surface area contributed by atoms with E-state index in [1.54, 1.807) is 0 Å². The van der Waals surface area contributed by atoms with Crippen LogP contribution < -0.4 is 10.6 Å². The van der Waals surface area contributed by atoms with E-state index < -0.39 is 0 Å². The molecule has 0 fully saturated rings. The number of benzene rings is 1. The Bertz CT molecular complexity index is 553. The van der Waals surface area contributed by atoms with E-state index in [2.05, 4.69) is 33.8 Å². The third kappa shape index (κ3) is 2.51. The van der Waals surface area contributed by atoms with Gasteiger partial charge in [0.05, 0.1) is 6.54 Å². The van der Waals surface area contributed by atoms with Crippen molar-refractivity contribution in [3.8, 4) is 0 Å². The lowest BCUT2D eigenvalue weighted by Gasteiger charge is -2.20. The van der Waals surface area contributed by atoms with Gasteiger partial charge in [0.1, 0.15) is 0 Å². The molecular formula is C13H14ClN3S. The molecule has 0 aliphatic carbocycles. The van der Waals surface area contributed by atoms with Gasteiger partial charge in [0.2, 0.25) is 0 Å². The zero-order valence-electron chi connectivity index (χ0n) is 9.87. The Kier molecular flexibility index (Phi) is 3.50. The highest BCUT2D eigenvalue weighted by molar-refractivity contribution is 7.15. The molecule has 3 nitrogen and oxygen atoms in total. The summed E-state index contributed by atoms with van der Waals surface area (Å²) >= 11 is 7.35. The Hall–Kier alpha value is -1.10. The van der Waals surface area contributed by atoms with Crippen LogP contribution >= 0.6 is 22.9 Å². The van der Waals surface area contributed by atoms with Crippen molar-refractivity contribution >= 4 is 28.6 Å². The first-order chi connectivity index (χ1) is 8.83. The first-order valence-electron chi connectivity index (χ1n) is 5.98. The largest absolute Gasteiger partial charge is 0.380 e. The molecule has 2 heterocycles. The molecule has 18 heavy (non-hydrogen) atoms. The minimum absolute atomic E-state index is 0.601. The minimum Gasteiger partial charge on any atom is -0.380 e. The fraction of sp³-hybridized carbons (Fsp3) is 0.308. The van der Waals surface area contributed by atoms with Crippen molar-refractivity contribution in [3.63, 3.8) is 0 Å². The van der Waals surface area contributed by atoms with E-state index in [-0.39, 0.29) is 0 Å². The third-order valence-corrected chi connectivity index (χ3v) is 4.24. The Labute approximate surface area is 115 Å². The molecule has 2 aromatic rings. The van der Waals surface area contributed by atoms with E-state index >= 15 is 0 Å². The van der Waals surface area contributed by atoms with Crippen LogP contribution in [-0.2, 0) is 19.5 Å². The maximum Gasteiger partial charge on any atom is 0.183 e. The number of fused-ring (bicyclic) bond motifs is 1. The van der Waals surface area contributed by atoms with E-state index in [1.165, 1.54) is 28.2 Å². The lowest BCUT2D eigenvalue weighted by molar-refractivity contribution is 0.644. The topological polar surface area (TPSA) is 37.0 Å². The van der Waals surface area contributed by atoms with Crippen molar-refractivity contribution in [2.45, 2.75) is 19.5 Å². The summed E-state index contributed by atoms with van der Waals surface area (Å²) in [6, 6.07) is 6.46. The second kappa shape index (κ2) is 5.26. The predicted octanol–water partition coefficient (Wildman–Crippen LogP) is 3.05. The maximum absolute atomic E-state index is 5.83. The second-order valence-electron chi connectivity index (χ2n) is 4.30. The number of thiazole rings is 1. The van der Waals surface area contributed by atoms with Crippen LogP contribution in [-0.4, -0.2) is 11.5 Å². The van der Waals surface area contributed by atoms with Gasteiger partial charge in [-0.2, -0.15) is 0 Å². The van der Waals surface area contributed by atoms with Gasteiger partial charge in [-0.25, -0.2) is 4.98 Å². The lowest BCUT2D eigenvalue weighted by Crippen LogP contribution is -2.24. The van der Waals surface area contributed by atoms with E-state index in [9.17, 15) is 0 Å². The van der Waals surface area contributed by atoms with Crippen LogP contribution in [0.3, 0.4) is 0 Å². The molecule has 0 saturated heterocycles. The first kappa shape index (κ1) is 12.0. The van der Waals surface area contributed by atoms with Crippen LogP contribution in [0, 0.1) is 0 Å². The molecule has 1 aromatic heterocycles. The number of hydrogen-bond donors (Lipinski definition) is 2. The van der Waals surface area contributed by atoms with Crippen molar-refractivity contribution in [2.75, 3.05) is 11.9 Å². The van der Waals surface area contributed by atoms with Crippen molar-refractivity contribution in [2.24, 2.45) is 0 Å². The maximum atomic E-state index is 5.83. The molecule has 0 bridgehead atoms. The van der Waals surface area contributed by atoms with Crippen LogP contribution in [0.4, 0.5) is 5.69 Å². The molecule has 0 saturated carbocycles. The summed E-state index contributed by atoms with van der Waals surface area (Å²) in [6.45, 7) is 2.80. The van der Waals surface area contributed by atoms with Gasteiger partial charge in [-0.1, -0.05) is 23.7 Å². The van der Waals surface area contributed by atoms with Gasteiger partial charge in [-0.15, -0.1) is 11.3 Å². The number of nitrogens with zero attached hydrogens (tertiary/aromatic N) is 1. The summed E-state index contributed by atoms with van der Waals surface area (Å²) in [5.74, 6) is 0. The number of aromatic nitrogens is 1. The molecule has 1 aliphatic rings. The highest BCUT2D eigenvalue weighted by Gasteiger charge is 2.12. The Morgan fingerprint density at radius 2 is 2.39 bits per heavy atom. The summed E-state index contributed by atoms with van der Waals surface area (Å²) in [4.78, 5) is 5.20. The SMILES string of the molecule is Clc1ncc(CNc2cccc3c2CNCC3)s1. The zero-order chi connectivity index (χ0) is 12.4. The van der Waals surface area contributed by atoms with Gasteiger partial charge in [0.25, 0.3) is 0 Å². The van der Waals surface area contributed by atoms with Crippen molar-refractivity contribution in [1.29, 1.82) is 0 Å². The van der Waals surface area contributed by atoms with E-state index in [1.807, 2.05) is 6.20 Å². The van der Waals surface area contributed by atoms with Crippen LogP contribution in [0.15, 0.2) is 24.4 Å². The molecule has 2 N–H and O–H groups in total. The normalized spacial score (nSPS) is 14.3. The van der Waals surface area contributed by atoms with Crippen molar-refractivity contribution in [1.82, 2.24) is 10.3 Å². The van der Waals surface area contributed by atoms with Crippen molar-refractivity contribution in [3.05, 3.63) is 44.9 Å². The standard InChI is InChI=1S/C13H14ClN3S/c14-13-17-7-10(18-13)6-16-12-3-1-2-9-4-5-15-8-11(9)12/h1-3,7,15-16H,4-6,8H2. The molecule has 0 unspecified atom stereocenters. The third-order valence-electron chi connectivity index (χ3n) is 3.12. The van der Waals surface area contributed by atoms with Crippen LogP contribution in [0.5, 0.6) is 0 Å². The van der Waals surface area contributed by atoms with E-state index in [0.29, 0.717) is 4.47 Å². The summed E-state index contributed by atoms with van der Waals surface area (Å²) in [5, 5.41) is 6.89. The number of hydrogen-bond acceptors (Lipinski definition) is 4. The molecule has 1 aliphatic heterocycles. The Morgan fingerprint density at radius 1 is 1.44 bits per heavy atom. The molecule has 1 aromatic carbocycles. The summed E-state index contributed by atoms with van der Waals surface area (Å²) < 4.78 is 0.601. The number of rotatable bonds is 3. The Balaban J connectivity index is 1.76. The molecule has 3 rings (SSSR count). The average molecular weight is 280 g/mol. The highest BCUT2D eigenvalue weighted by Crippen LogP contribution is 2.24. The molecule has 0 spiro atoms.